The number of thioether (sulfide) groups is 1. The highest BCUT2D eigenvalue weighted by Gasteiger charge is 2.34. The van der Waals surface area contributed by atoms with Crippen LogP contribution in [0, 0.1) is 13.8 Å². The van der Waals surface area contributed by atoms with E-state index in [4.69, 9.17) is 35.4 Å². The Hall–Kier alpha value is -1.33. The van der Waals surface area contributed by atoms with Crippen LogP contribution in [0.3, 0.4) is 0 Å². The van der Waals surface area contributed by atoms with Crippen molar-refractivity contribution < 1.29 is 4.79 Å². The number of nitrogens with zero attached hydrogens (tertiary/aromatic N) is 1. The Morgan fingerprint density at radius 1 is 1.08 bits per heavy atom. The van der Waals surface area contributed by atoms with Gasteiger partial charge < -0.3 is 0 Å². The van der Waals surface area contributed by atoms with Gasteiger partial charge in [0.2, 0.25) is 0 Å². The van der Waals surface area contributed by atoms with Gasteiger partial charge in [-0.05, 0) is 49.2 Å². The largest absolute Gasteiger partial charge is 0.270 e. The molecule has 0 saturated carbocycles. The molecule has 0 bridgehead atoms. The van der Waals surface area contributed by atoms with Crippen molar-refractivity contribution in [1.82, 2.24) is 0 Å². The van der Waals surface area contributed by atoms with Crippen molar-refractivity contribution in [2.24, 2.45) is 0 Å². The van der Waals surface area contributed by atoms with E-state index < -0.39 is 0 Å². The predicted octanol–water partition coefficient (Wildman–Crippen LogP) is 6.02. The van der Waals surface area contributed by atoms with Crippen LogP contribution < -0.4 is 4.90 Å². The minimum atomic E-state index is -0.158. The lowest BCUT2D eigenvalue weighted by Crippen LogP contribution is -2.28. The second-order valence-corrected chi connectivity index (χ2v) is 7.86. The molecule has 122 valence electrons. The molecule has 0 atom stereocenters. The van der Waals surface area contributed by atoms with Gasteiger partial charge in [0.1, 0.15) is 0 Å². The molecule has 2 aromatic rings. The van der Waals surface area contributed by atoms with Gasteiger partial charge in [-0.2, -0.15) is 0 Å². The van der Waals surface area contributed by atoms with Gasteiger partial charge in [-0.15, -0.1) is 0 Å². The molecular formula is C18H13Cl2NOS2. The smallest absolute Gasteiger partial charge is 0.268 e. The number of carbonyl (C=O) groups excluding carboxylic acids is 1. The minimum absolute atomic E-state index is 0.158. The SMILES string of the molecule is Cc1cccc(N2C(=O)/C(=C/c3c(Cl)cccc3Cl)SC2=S)c1C. The van der Waals surface area contributed by atoms with Crippen LogP contribution in [0.2, 0.25) is 10.0 Å². The lowest BCUT2D eigenvalue weighted by atomic mass is 10.1. The third-order valence-corrected chi connectivity index (χ3v) is 5.85. The number of hydrogen-bond acceptors (Lipinski definition) is 3. The molecule has 0 radical (unpaired) electrons. The molecule has 0 aromatic heterocycles. The predicted molar refractivity (Wildman–Crippen MR) is 108 cm³/mol. The third kappa shape index (κ3) is 3.11. The van der Waals surface area contributed by atoms with Crippen molar-refractivity contribution in [2.75, 3.05) is 4.90 Å². The lowest BCUT2D eigenvalue weighted by molar-refractivity contribution is -0.113. The third-order valence-electron chi connectivity index (χ3n) is 3.89. The van der Waals surface area contributed by atoms with Gasteiger partial charge in [0.25, 0.3) is 5.91 Å². The molecule has 1 aliphatic heterocycles. The summed E-state index contributed by atoms with van der Waals surface area (Å²) in [5.74, 6) is -0.158. The Morgan fingerprint density at radius 3 is 2.38 bits per heavy atom. The molecule has 0 unspecified atom stereocenters. The van der Waals surface area contributed by atoms with Gasteiger partial charge in [0.15, 0.2) is 4.32 Å². The maximum absolute atomic E-state index is 12.9. The number of benzene rings is 2. The maximum atomic E-state index is 12.9. The average molecular weight is 394 g/mol. The Balaban J connectivity index is 2.04. The fraction of sp³-hybridized carbons (Fsp3) is 0.111. The van der Waals surface area contributed by atoms with Gasteiger partial charge in [-0.25, -0.2) is 0 Å². The van der Waals surface area contributed by atoms with Crippen molar-refractivity contribution >= 4 is 69.2 Å². The molecule has 0 N–H and O–H groups in total. The molecule has 6 heteroatoms. The Kier molecular flexibility index (Phi) is 5.02. The zero-order valence-electron chi connectivity index (χ0n) is 13.0. The number of amides is 1. The second-order valence-electron chi connectivity index (χ2n) is 5.37. The first kappa shape index (κ1) is 17.5. The molecular weight excluding hydrogens is 381 g/mol. The molecule has 2 nitrogen and oxygen atoms in total. The van der Waals surface area contributed by atoms with Crippen LogP contribution >= 0.6 is 47.2 Å². The van der Waals surface area contributed by atoms with Crippen LogP contribution in [-0.4, -0.2) is 10.2 Å². The second kappa shape index (κ2) is 6.89. The number of aryl methyl sites for hydroxylation is 1. The summed E-state index contributed by atoms with van der Waals surface area (Å²) in [4.78, 5) is 14.9. The van der Waals surface area contributed by atoms with E-state index in [-0.39, 0.29) is 5.91 Å². The monoisotopic (exact) mass is 393 g/mol. The van der Waals surface area contributed by atoms with Gasteiger partial charge in [-0.1, -0.05) is 65.4 Å². The maximum Gasteiger partial charge on any atom is 0.270 e. The van der Waals surface area contributed by atoms with Crippen molar-refractivity contribution in [3.63, 3.8) is 0 Å². The quantitative estimate of drug-likeness (QED) is 0.459. The molecule has 1 saturated heterocycles. The van der Waals surface area contributed by atoms with Crippen LogP contribution in [0.25, 0.3) is 6.08 Å². The molecule has 0 spiro atoms. The van der Waals surface area contributed by atoms with Crippen LogP contribution in [0.4, 0.5) is 5.69 Å². The van der Waals surface area contributed by atoms with E-state index in [9.17, 15) is 4.79 Å². The number of anilines is 1. The Labute approximate surface area is 160 Å². The van der Waals surface area contributed by atoms with E-state index in [1.807, 2.05) is 32.0 Å². The van der Waals surface area contributed by atoms with Crippen molar-refractivity contribution in [3.8, 4) is 0 Å². The van der Waals surface area contributed by atoms with Crippen LogP contribution in [-0.2, 0) is 4.79 Å². The van der Waals surface area contributed by atoms with E-state index in [0.717, 1.165) is 16.8 Å². The summed E-state index contributed by atoms with van der Waals surface area (Å²) in [7, 11) is 0. The van der Waals surface area contributed by atoms with E-state index in [1.54, 1.807) is 29.2 Å². The molecule has 1 amide bonds. The summed E-state index contributed by atoms with van der Waals surface area (Å²) in [6.07, 6.45) is 1.70. The highest BCUT2D eigenvalue weighted by Crippen LogP contribution is 2.39. The summed E-state index contributed by atoms with van der Waals surface area (Å²) < 4.78 is 0.503. The lowest BCUT2D eigenvalue weighted by Gasteiger charge is -2.18. The summed E-state index contributed by atoms with van der Waals surface area (Å²) in [6, 6.07) is 11.1. The normalized spacial score (nSPS) is 16.3. The van der Waals surface area contributed by atoms with Crippen molar-refractivity contribution in [3.05, 3.63) is 68.0 Å². The van der Waals surface area contributed by atoms with E-state index >= 15 is 0 Å². The van der Waals surface area contributed by atoms with E-state index in [1.165, 1.54) is 11.8 Å². The number of rotatable bonds is 2. The molecule has 3 rings (SSSR count). The van der Waals surface area contributed by atoms with Crippen molar-refractivity contribution in [1.29, 1.82) is 0 Å². The van der Waals surface area contributed by atoms with Gasteiger partial charge >= 0.3 is 0 Å². The van der Waals surface area contributed by atoms with Gasteiger partial charge in [-0.3, -0.25) is 9.69 Å². The molecule has 1 heterocycles. The van der Waals surface area contributed by atoms with Gasteiger partial charge in [0, 0.05) is 15.6 Å². The van der Waals surface area contributed by atoms with Gasteiger partial charge in [0.05, 0.1) is 10.6 Å². The van der Waals surface area contributed by atoms with Crippen LogP contribution in [0.5, 0.6) is 0 Å². The zero-order chi connectivity index (χ0) is 17.4. The van der Waals surface area contributed by atoms with Crippen LogP contribution in [0.1, 0.15) is 16.7 Å². The summed E-state index contributed by atoms with van der Waals surface area (Å²) >= 11 is 19.1. The van der Waals surface area contributed by atoms with E-state index in [0.29, 0.717) is 24.8 Å². The number of hydrogen-bond donors (Lipinski definition) is 0. The minimum Gasteiger partial charge on any atom is -0.268 e. The fourth-order valence-corrected chi connectivity index (χ4v) is 4.21. The zero-order valence-corrected chi connectivity index (χ0v) is 16.1. The first-order valence-corrected chi connectivity index (χ1v) is 9.16. The summed E-state index contributed by atoms with van der Waals surface area (Å²) in [5, 5.41) is 0.999. The Bertz CT molecular complexity index is 872. The molecule has 1 aliphatic rings. The van der Waals surface area contributed by atoms with E-state index in [2.05, 4.69) is 0 Å². The molecule has 2 aromatic carbocycles. The first-order valence-electron chi connectivity index (χ1n) is 7.18. The Morgan fingerprint density at radius 2 is 1.71 bits per heavy atom. The fourth-order valence-electron chi connectivity index (χ4n) is 2.43. The van der Waals surface area contributed by atoms with Crippen molar-refractivity contribution in [2.45, 2.75) is 13.8 Å². The topological polar surface area (TPSA) is 20.3 Å². The summed E-state index contributed by atoms with van der Waals surface area (Å²) in [6.45, 7) is 3.99. The first-order chi connectivity index (χ1) is 11.4. The van der Waals surface area contributed by atoms with Crippen LogP contribution in [0.15, 0.2) is 41.3 Å². The molecule has 0 aliphatic carbocycles. The number of halogens is 2. The number of thiocarbonyl (C=S) groups is 1. The molecule has 1 fully saturated rings. The molecule has 24 heavy (non-hydrogen) atoms. The standard InChI is InChI=1S/C18H13Cl2NOS2/c1-10-5-3-8-15(11(10)2)21-17(22)16(24-18(21)23)9-12-13(19)6-4-7-14(12)20/h3-9H,1-2H3/b16-9-. The summed E-state index contributed by atoms with van der Waals surface area (Å²) in [5.41, 5.74) is 3.58. The average Bonchev–Trinajstić information content (AvgIpc) is 2.80. The highest BCUT2D eigenvalue weighted by atomic mass is 35.5. The highest BCUT2D eigenvalue weighted by molar-refractivity contribution is 8.27. The number of carbonyl (C=O) groups is 1.